The van der Waals surface area contributed by atoms with E-state index in [1.54, 1.807) is 0 Å². The molecular formula is C52H41N3. The normalized spacial score (nSPS) is 22.9. The van der Waals surface area contributed by atoms with E-state index in [-0.39, 0.29) is 10.8 Å². The number of fused-ring (bicyclic) bond motifs is 6. The first-order valence-electron chi connectivity index (χ1n) is 20.2. The van der Waals surface area contributed by atoms with Gasteiger partial charge in [-0.3, -0.25) is 0 Å². The molecule has 0 radical (unpaired) electrons. The number of aromatic nitrogens is 3. The summed E-state index contributed by atoms with van der Waals surface area (Å²) in [4.78, 5) is 15.5. The lowest BCUT2D eigenvalue weighted by molar-refractivity contribution is -0.0798. The Morgan fingerprint density at radius 3 is 1.55 bits per heavy atom. The van der Waals surface area contributed by atoms with Gasteiger partial charge in [0.2, 0.25) is 0 Å². The van der Waals surface area contributed by atoms with Crippen molar-refractivity contribution in [2.24, 2.45) is 23.2 Å². The molecule has 0 saturated heterocycles. The molecule has 0 atom stereocenters. The molecule has 0 spiro atoms. The fourth-order valence-electron chi connectivity index (χ4n) is 12.4. The van der Waals surface area contributed by atoms with Crippen LogP contribution in [0.25, 0.3) is 66.8 Å². The second-order valence-corrected chi connectivity index (χ2v) is 17.0. The number of hydrogen-bond acceptors (Lipinski definition) is 3. The predicted molar refractivity (Wildman–Crippen MR) is 224 cm³/mol. The minimum Gasteiger partial charge on any atom is -0.208 e. The zero-order chi connectivity index (χ0) is 36.1. The molecular weight excluding hydrogens is 667 g/mol. The van der Waals surface area contributed by atoms with Crippen molar-refractivity contribution in [2.45, 2.75) is 43.9 Å². The number of benzene rings is 7. The number of nitrogens with zero attached hydrogens (tertiary/aromatic N) is 3. The topological polar surface area (TPSA) is 38.7 Å². The third kappa shape index (κ3) is 4.59. The standard InChI is InChI=1S/C52H41N3/c1-2-11-37(12-3-1)48-53-49(55-50(54-48)40-22-25-43-39(29-40)19-18-36-10-4-5-13-42(36)43)38-20-23-41(24-21-38)52(51-30-33-26-34(31-51)28-35(27-33)32-51)46-16-8-6-14-44(46)45-15-7-9-17-47(45)52/h1-25,29,33-35H,26-28,30-32H2. The summed E-state index contributed by atoms with van der Waals surface area (Å²) in [5, 5.41) is 4.91. The maximum absolute atomic E-state index is 5.22. The lowest BCUT2D eigenvalue weighted by Crippen LogP contribution is -2.57. The van der Waals surface area contributed by atoms with Gasteiger partial charge in [0.05, 0.1) is 5.41 Å². The highest BCUT2D eigenvalue weighted by molar-refractivity contribution is 6.08. The van der Waals surface area contributed by atoms with E-state index in [1.807, 2.05) is 6.07 Å². The van der Waals surface area contributed by atoms with E-state index in [1.165, 1.54) is 87.9 Å². The molecule has 5 aliphatic carbocycles. The maximum Gasteiger partial charge on any atom is 0.164 e. The van der Waals surface area contributed by atoms with Gasteiger partial charge in [-0.1, -0.05) is 152 Å². The van der Waals surface area contributed by atoms with Crippen molar-refractivity contribution in [1.82, 2.24) is 15.0 Å². The third-order valence-electron chi connectivity index (χ3n) is 14.0. The average Bonchev–Trinajstić information content (AvgIpc) is 3.55. The summed E-state index contributed by atoms with van der Waals surface area (Å²) in [6, 6.07) is 58.0. The van der Waals surface area contributed by atoms with Crippen LogP contribution < -0.4 is 0 Å². The summed E-state index contributed by atoms with van der Waals surface area (Å²) in [5.41, 5.74) is 10.2. The lowest BCUT2D eigenvalue weighted by Gasteiger charge is -2.64. The van der Waals surface area contributed by atoms with Crippen LogP contribution in [0.1, 0.15) is 55.2 Å². The van der Waals surface area contributed by atoms with E-state index < -0.39 is 0 Å². The largest absolute Gasteiger partial charge is 0.208 e. The van der Waals surface area contributed by atoms with Gasteiger partial charge < -0.3 is 0 Å². The van der Waals surface area contributed by atoms with Crippen LogP contribution in [0.4, 0.5) is 0 Å². The second-order valence-electron chi connectivity index (χ2n) is 17.0. The highest BCUT2D eigenvalue weighted by Gasteiger charge is 2.64. The van der Waals surface area contributed by atoms with Crippen LogP contribution in [0.3, 0.4) is 0 Å². The third-order valence-corrected chi connectivity index (χ3v) is 14.0. The van der Waals surface area contributed by atoms with Crippen LogP contribution in [-0.2, 0) is 5.41 Å². The van der Waals surface area contributed by atoms with E-state index in [9.17, 15) is 0 Å². The van der Waals surface area contributed by atoms with Crippen molar-refractivity contribution in [3.05, 3.63) is 174 Å². The minimum absolute atomic E-state index is 0.191. The molecule has 4 bridgehead atoms. The highest BCUT2D eigenvalue weighted by Crippen LogP contribution is 2.72. The molecule has 55 heavy (non-hydrogen) atoms. The molecule has 0 aliphatic heterocycles. The van der Waals surface area contributed by atoms with Crippen molar-refractivity contribution < 1.29 is 0 Å². The molecule has 13 rings (SSSR count). The Morgan fingerprint density at radius 1 is 0.400 bits per heavy atom. The van der Waals surface area contributed by atoms with Gasteiger partial charge in [0.15, 0.2) is 17.5 Å². The Hall–Kier alpha value is -5.93. The van der Waals surface area contributed by atoms with Crippen LogP contribution in [0.5, 0.6) is 0 Å². The van der Waals surface area contributed by atoms with E-state index in [4.69, 9.17) is 15.0 Å². The molecule has 3 heteroatoms. The molecule has 8 aromatic rings. The molecule has 0 N–H and O–H groups in total. The van der Waals surface area contributed by atoms with Crippen LogP contribution in [0.15, 0.2) is 158 Å². The van der Waals surface area contributed by atoms with Gasteiger partial charge in [-0.05, 0) is 117 Å². The summed E-state index contributed by atoms with van der Waals surface area (Å²) < 4.78 is 0. The number of hydrogen-bond donors (Lipinski definition) is 0. The first kappa shape index (κ1) is 31.4. The fraction of sp³-hybridized carbons (Fsp3) is 0.212. The fourth-order valence-corrected chi connectivity index (χ4v) is 12.4. The first-order chi connectivity index (χ1) is 27.1. The van der Waals surface area contributed by atoms with Gasteiger partial charge in [0.25, 0.3) is 0 Å². The summed E-state index contributed by atoms with van der Waals surface area (Å²) in [6.07, 6.45) is 8.25. The van der Waals surface area contributed by atoms with E-state index >= 15 is 0 Å². The van der Waals surface area contributed by atoms with Crippen molar-refractivity contribution in [3.8, 4) is 45.3 Å². The predicted octanol–water partition coefficient (Wildman–Crippen LogP) is 12.7. The van der Waals surface area contributed by atoms with Crippen LogP contribution >= 0.6 is 0 Å². The lowest BCUT2D eigenvalue weighted by atomic mass is 9.40. The highest BCUT2D eigenvalue weighted by atomic mass is 15.0. The monoisotopic (exact) mass is 707 g/mol. The minimum atomic E-state index is -0.191. The first-order valence-corrected chi connectivity index (χ1v) is 20.2. The Kier molecular flexibility index (Phi) is 6.73. The zero-order valence-corrected chi connectivity index (χ0v) is 30.8. The van der Waals surface area contributed by atoms with Crippen molar-refractivity contribution in [3.63, 3.8) is 0 Å². The SMILES string of the molecule is c1ccc(-c2nc(-c3ccc(C4(C56CC7CC(CC(C7)C5)C6)c5ccccc5-c5ccccc54)cc3)nc(-c3ccc4c(ccc5ccccc54)c3)n2)cc1. The second kappa shape index (κ2) is 11.8. The summed E-state index contributed by atoms with van der Waals surface area (Å²) in [6.45, 7) is 0. The summed E-state index contributed by atoms with van der Waals surface area (Å²) in [7, 11) is 0. The van der Waals surface area contributed by atoms with Gasteiger partial charge in [0, 0.05) is 16.7 Å². The molecule has 4 saturated carbocycles. The van der Waals surface area contributed by atoms with Gasteiger partial charge in [-0.25, -0.2) is 15.0 Å². The van der Waals surface area contributed by atoms with Crippen LogP contribution in [0, 0.1) is 23.2 Å². The molecule has 1 heterocycles. The van der Waals surface area contributed by atoms with Crippen LogP contribution in [0.2, 0.25) is 0 Å². The molecule has 1 aromatic heterocycles. The molecule has 3 nitrogen and oxygen atoms in total. The van der Waals surface area contributed by atoms with E-state index in [2.05, 4.69) is 152 Å². The maximum atomic E-state index is 5.22. The quantitative estimate of drug-likeness (QED) is 0.167. The van der Waals surface area contributed by atoms with Crippen LogP contribution in [-0.4, -0.2) is 15.0 Å². The Labute approximate surface area is 322 Å². The van der Waals surface area contributed by atoms with Crippen molar-refractivity contribution >= 4 is 21.5 Å². The average molecular weight is 708 g/mol. The smallest absolute Gasteiger partial charge is 0.164 e. The number of rotatable bonds is 5. The summed E-state index contributed by atoms with van der Waals surface area (Å²) >= 11 is 0. The van der Waals surface area contributed by atoms with Gasteiger partial charge in [-0.2, -0.15) is 0 Å². The van der Waals surface area contributed by atoms with E-state index in [0.717, 1.165) is 34.4 Å². The Bertz CT molecular complexity index is 2720. The van der Waals surface area contributed by atoms with Crippen molar-refractivity contribution in [1.29, 1.82) is 0 Å². The molecule has 264 valence electrons. The molecule has 7 aromatic carbocycles. The zero-order valence-electron chi connectivity index (χ0n) is 30.8. The molecule has 4 fully saturated rings. The van der Waals surface area contributed by atoms with Gasteiger partial charge in [-0.15, -0.1) is 0 Å². The van der Waals surface area contributed by atoms with Gasteiger partial charge >= 0.3 is 0 Å². The molecule has 0 unspecified atom stereocenters. The van der Waals surface area contributed by atoms with Gasteiger partial charge in [0.1, 0.15) is 0 Å². The Morgan fingerprint density at radius 2 is 0.891 bits per heavy atom. The summed E-state index contributed by atoms with van der Waals surface area (Å²) in [5.74, 6) is 4.60. The van der Waals surface area contributed by atoms with E-state index in [0.29, 0.717) is 17.5 Å². The van der Waals surface area contributed by atoms with Crippen molar-refractivity contribution in [2.75, 3.05) is 0 Å². The molecule has 0 amide bonds. The molecule has 5 aliphatic rings. The Balaban J connectivity index is 1.02.